The number of rotatable bonds is 17. The van der Waals surface area contributed by atoms with Gasteiger partial charge in [-0.25, -0.2) is 4.18 Å². The first kappa shape index (κ1) is 31.9. The van der Waals surface area contributed by atoms with Gasteiger partial charge in [-0.15, -0.1) is 0 Å². The maximum absolute atomic E-state index is 10.8. The smallest absolute Gasteiger partial charge is 0.387 e. The summed E-state index contributed by atoms with van der Waals surface area (Å²) in [5, 5.41) is 30.1. The van der Waals surface area contributed by atoms with Crippen molar-refractivity contribution in [3.05, 3.63) is 0 Å². The van der Waals surface area contributed by atoms with Crippen molar-refractivity contribution in [3.8, 4) is 0 Å². The van der Waals surface area contributed by atoms with Crippen LogP contribution in [0.1, 0.15) is 44.9 Å². The lowest BCUT2D eigenvalue weighted by Gasteiger charge is -2.40. The SMILES string of the molecule is C[N+](C)(C)CCCCCCCCC[Si](C)(C)CCOC1O[C@H](COS(=O)(=O)O)[C@H](O)[C@H](O)[C@H]1O. The Balaban J connectivity index is 2.26. The summed E-state index contributed by atoms with van der Waals surface area (Å²) in [7, 11) is 0.451. The minimum absolute atomic E-state index is 0.321. The molecule has 0 aliphatic carbocycles. The van der Waals surface area contributed by atoms with Gasteiger partial charge in [0.15, 0.2) is 6.29 Å². The Kier molecular flexibility index (Phi) is 13.6. The van der Waals surface area contributed by atoms with E-state index in [0.717, 1.165) is 10.5 Å². The van der Waals surface area contributed by atoms with Crippen molar-refractivity contribution in [2.24, 2.45) is 0 Å². The molecule has 0 aromatic heterocycles. The molecular formula is C22H48NO9SSi+. The molecule has 0 aromatic rings. The van der Waals surface area contributed by atoms with E-state index < -0.39 is 55.8 Å². The lowest BCUT2D eigenvalue weighted by atomic mass is 9.99. The molecule has 0 spiro atoms. The molecule has 34 heavy (non-hydrogen) atoms. The summed E-state index contributed by atoms with van der Waals surface area (Å²) in [6.45, 7) is 5.42. The molecule has 12 heteroatoms. The summed E-state index contributed by atoms with van der Waals surface area (Å²) in [5.41, 5.74) is 0. The summed E-state index contributed by atoms with van der Waals surface area (Å²) in [4.78, 5) is 0. The molecule has 1 unspecified atom stereocenters. The molecule has 0 amide bonds. The topological polar surface area (TPSA) is 143 Å². The minimum Gasteiger partial charge on any atom is -0.387 e. The molecule has 10 nitrogen and oxygen atoms in total. The van der Waals surface area contributed by atoms with Crippen LogP contribution in [0.15, 0.2) is 0 Å². The normalized spacial score (nSPS) is 26.7. The van der Waals surface area contributed by atoms with Crippen LogP contribution in [0.5, 0.6) is 0 Å². The zero-order valence-electron chi connectivity index (χ0n) is 21.6. The van der Waals surface area contributed by atoms with Gasteiger partial charge in [-0.1, -0.05) is 51.2 Å². The third-order valence-electron chi connectivity index (χ3n) is 6.29. The zero-order valence-corrected chi connectivity index (χ0v) is 23.4. The monoisotopic (exact) mass is 530 g/mol. The van der Waals surface area contributed by atoms with Crippen molar-refractivity contribution in [1.29, 1.82) is 0 Å². The van der Waals surface area contributed by atoms with Gasteiger partial charge in [-0.3, -0.25) is 4.55 Å². The number of hydrogen-bond acceptors (Lipinski definition) is 8. The largest absolute Gasteiger partial charge is 0.397 e. The van der Waals surface area contributed by atoms with Crippen LogP contribution in [0.25, 0.3) is 0 Å². The van der Waals surface area contributed by atoms with Crippen LogP contribution in [0.3, 0.4) is 0 Å². The Morgan fingerprint density at radius 1 is 0.853 bits per heavy atom. The Labute approximate surface area is 206 Å². The van der Waals surface area contributed by atoms with E-state index in [1.165, 1.54) is 57.5 Å². The van der Waals surface area contributed by atoms with Crippen LogP contribution >= 0.6 is 0 Å². The first-order chi connectivity index (χ1) is 15.6. The van der Waals surface area contributed by atoms with Gasteiger partial charge in [-0.2, -0.15) is 8.42 Å². The van der Waals surface area contributed by atoms with Crippen LogP contribution in [-0.2, 0) is 24.1 Å². The molecule has 1 aliphatic rings. The molecule has 5 atom stereocenters. The standard InChI is InChI=1S/C22H47NO9SSi/c1-23(2,3)13-11-9-7-6-8-10-12-15-34(4,5)16-14-30-22-21(26)20(25)19(24)18(32-22)17-31-33(27,28)29/h18-22,24-26H,6-17H2,1-5H3/p+1/t18-,19+,20+,21-,22?/m1/s1. The van der Waals surface area contributed by atoms with Gasteiger partial charge in [0.25, 0.3) is 0 Å². The Bertz CT molecular complexity index is 672. The Hall–Kier alpha value is -0.153. The second-order valence-corrected chi connectivity index (χ2v) is 17.7. The summed E-state index contributed by atoms with van der Waals surface area (Å²) in [5.74, 6) is 0. The molecule has 1 fully saturated rings. The second kappa shape index (κ2) is 14.6. The van der Waals surface area contributed by atoms with Gasteiger partial charge in [0, 0.05) is 14.7 Å². The van der Waals surface area contributed by atoms with Gasteiger partial charge in [0.1, 0.15) is 24.4 Å². The number of aliphatic hydroxyl groups excluding tert-OH is 3. The fourth-order valence-electron chi connectivity index (χ4n) is 3.99. The highest BCUT2D eigenvalue weighted by Crippen LogP contribution is 2.25. The van der Waals surface area contributed by atoms with Crippen LogP contribution in [0.2, 0.25) is 25.2 Å². The molecule has 1 aliphatic heterocycles. The molecule has 0 aromatic carbocycles. The first-order valence-electron chi connectivity index (χ1n) is 12.3. The summed E-state index contributed by atoms with van der Waals surface area (Å²) < 4.78 is 46.5. The average molecular weight is 531 g/mol. The molecule has 1 rings (SSSR count). The van der Waals surface area contributed by atoms with E-state index in [1.807, 2.05) is 0 Å². The van der Waals surface area contributed by atoms with E-state index in [4.69, 9.17) is 14.0 Å². The maximum atomic E-state index is 10.8. The van der Waals surface area contributed by atoms with Gasteiger partial charge in [0.2, 0.25) is 0 Å². The Morgan fingerprint density at radius 2 is 1.41 bits per heavy atom. The van der Waals surface area contributed by atoms with Crippen molar-refractivity contribution in [2.45, 2.75) is 101 Å². The van der Waals surface area contributed by atoms with Crippen LogP contribution in [0, 0.1) is 0 Å². The molecule has 4 N–H and O–H groups in total. The average Bonchev–Trinajstić information content (AvgIpc) is 2.70. The highest BCUT2D eigenvalue weighted by Gasteiger charge is 2.45. The summed E-state index contributed by atoms with van der Waals surface area (Å²) in [6.07, 6.45) is 1.71. The number of aliphatic hydroxyl groups is 3. The fraction of sp³-hybridized carbons (Fsp3) is 1.00. The second-order valence-electron chi connectivity index (χ2n) is 11.3. The van der Waals surface area contributed by atoms with Crippen molar-refractivity contribution in [3.63, 3.8) is 0 Å². The third kappa shape index (κ3) is 13.8. The van der Waals surface area contributed by atoms with E-state index in [9.17, 15) is 23.7 Å². The van der Waals surface area contributed by atoms with Crippen molar-refractivity contribution in [1.82, 2.24) is 0 Å². The summed E-state index contributed by atoms with van der Waals surface area (Å²) in [6, 6.07) is 2.02. The molecule has 0 bridgehead atoms. The van der Waals surface area contributed by atoms with Crippen molar-refractivity contribution >= 4 is 18.5 Å². The number of quaternary nitrogens is 1. The third-order valence-corrected chi connectivity index (χ3v) is 9.99. The van der Waals surface area contributed by atoms with Crippen LogP contribution in [0.4, 0.5) is 0 Å². The van der Waals surface area contributed by atoms with Gasteiger partial charge in [0.05, 0.1) is 34.3 Å². The van der Waals surface area contributed by atoms with E-state index in [0.29, 0.717) is 6.61 Å². The number of nitrogens with zero attached hydrogens (tertiary/aromatic N) is 1. The molecule has 1 saturated heterocycles. The van der Waals surface area contributed by atoms with E-state index in [2.05, 4.69) is 38.4 Å². The fourth-order valence-corrected chi connectivity index (χ4v) is 6.43. The van der Waals surface area contributed by atoms with Crippen LogP contribution in [-0.4, -0.2) is 112 Å². The molecule has 0 radical (unpaired) electrons. The zero-order chi connectivity index (χ0) is 26.0. The Morgan fingerprint density at radius 3 is 1.97 bits per heavy atom. The quantitative estimate of drug-likeness (QED) is 0.0957. The van der Waals surface area contributed by atoms with Gasteiger partial charge in [-0.05, 0) is 18.9 Å². The minimum atomic E-state index is -4.73. The number of ether oxygens (including phenoxy) is 2. The lowest BCUT2D eigenvalue weighted by Crippen LogP contribution is -2.59. The van der Waals surface area contributed by atoms with Crippen LogP contribution < -0.4 is 0 Å². The predicted molar refractivity (Wildman–Crippen MR) is 132 cm³/mol. The number of unbranched alkanes of at least 4 members (excludes halogenated alkanes) is 6. The van der Waals surface area contributed by atoms with Gasteiger partial charge >= 0.3 is 10.4 Å². The van der Waals surface area contributed by atoms with E-state index >= 15 is 0 Å². The first-order valence-corrected chi connectivity index (χ1v) is 17.1. The summed E-state index contributed by atoms with van der Waals surface area (Å²) >= 11 is 0. The predicted octanol–water partition coefficient (Wildman–Crippen LogP) is 1.78. The highest BCUT2D eigenvalue weighted by atomic mass is 32.3. The maximum Gasteiger partial charge on any atom is 0.397 e. The molecule has 204 valence electrons. The van der Waals surface area contributed by atoms with Crippen molar-refractivity contribution in [2.75, 3.05) is 40.9 Å². The highest BCUT2D eigenvalue weighted by molar-refractivity contribution is 7.80. The number of hydrogen-bond donors (Lipinski definition) is 4. The van der Waals surface area contributed by atoms with E-state index in [1.54, 1.807) is 0 Å². The van der Waals surface area contributed by atoms with Crippen molar-refractivity contribution < 1.29 is 46.4 Å². The lowest BCUT2D eigenvalue weighted by molar-refractivity contribution is -0.870. The molecular weight excluding hydrogens is 482 g/mol. The molecule has 0 saturated carbocycles. The molecule has 1 heterocycles. The van der Waals surface area contributed by atoms with E-state index in [-0.39, 0.29) is 0 Å². The van der Waals surface area contributed by atoms with Gasteiger partial charge < -0.3 is 29.3 Å².